The van der Waals surface area contributed by atoms with Crippen LogP contribution < -0.4 is 0 Å². The van der Waals surface area contributed by atoms with Crippen molar-refractivity contribution in [3.05, 3.63) is 0 Å². The third kappa shape index (κ3) is 3.84. The largest absolute Gasteiger partial charge is 0.183 e. The molecule has 1 nitrogen and oxygen atoms in total. The second-order valence-corrected chi connectivity index (χ2v) is 9.49. The first-order valence-electron chi connectivity index (χ1n) is 4.22. The van der Waals surface area contributed by atoms with Crippen molar-refractivity contribution >= 4 is 8.07 Å². The number of nitriles is 1. The minimum Gasteiger partial charge on any atom is -0.183 e. The normalized spacial score (nSPS) is 10.2. The van der Waals surface area contributed by atoms with Crippen LogP contribution in [0.3, 0.4) is 0 Å². The Morgan fingerprint density at radius 1 is 1.00 bits per heavy atom. The van der Waals surface area contributed by atoms with Gasteiger partial charge < -0.3 is 0 Å². The molecule has 68 valence electrons. The molecule has 0 aliphatic carbocycles. The Labute approximate surface area is 82.2 Å². The Bertz CT molecular complexity index is 331. The zero-order valence-corrected chi connectivity index (χ0v) is 9.95. The highest BCUT2D eigenvalue weighted by molar-refractivity contribution is 6.87. The summed E-state index contributed by atoms with van der Waals surface area (Å²) in [6.07, 6.45) is 0. The van der Waals surface area contributed by atoms with Crippen molar-refractivity contribution in [1.82, 2.24) is 0 Å². The summed E-state index contributed by atoms with van der Waals surface area (Å²) in [5.41, 5.74) is 3.20. The van der Waals surface area contributed by atoms with Gasteiger partial charge in [0.15, 0.2) is 6.07 Å². The fourth-order valence-electron chi connectivity index (χ4n) is 0.434. The van der Waals surface area contributed by atoms with Gasteiger partial charge in [-0.25, -0.2) is 0 Å². The summed E-state index contributed by atoms with van der Waals surface area (Å²) >= 11 is 0. The number of hydrogen-bond donors (Lipinski definition) is 0. The summed E-state index contributed by atoms with van der Waals surface area (Å²) in [5.74, 6) is 7.56. The molecule has 2 heteroatoms. The lowest BCUT2D eigenvalue weighted by Crippen LogP contribution is -2.35. The standard InChI is InChI=1S/C11H15NSi/c1-11(2,3)13(4,5)10-8-6-7-9-12/h1-5H3. The summed E-state index contributed by atoms with van der Waals surface area (Å²) in [5, 5.41) is 8.43. The van der Waals surface area contributed by atoms with Gasteiger partial charge in [-0.15, -0.1) is 5.54 Å². The molecule has 0 spiro atoms. The van der Waals surface area contributed by atoms with Crippen molar-refractivity contribution in [2.24, 2.45) is 0 Å². The van der Waals surface area contributed by atoms with Crippen molar-refractivity contribution in [3.63, 3.8) is 0 Å². The maximum atomic E-state index is 8.18. The van der Waals surface area contributed by atoms with Crippen LogP contribution in [0.25, 0.3) is 0 Å². The van der Waals surface area contributed by atoms with Gasteiger partial charge in [0.25, 0.3) is 0 Å². The average Bonchev–Trinajstić information content (AvgIpc) is 1.96. The molecule has 0 aromatic carbocycles. The van der Waals surface area contributed by atoms with Gasteiger partial charge in [0, 0.05) is 11.8 Å². The Morgan fingerprint density at radius 2 is 1.54 bits per heavy atom. The molecular weight excluding hydrogens is 174 g/mol. The van der Waals surface area contributed by atoms with E-state index in [0.717, 1.165) is 0 Å². The van der Waals surface area contributed by atoms with E-state index in [1.54, 1.807) is 6.07 Å². The molecule has 0 unspecified atom stereocenters. The van der Waals surface area contributed by atoms with Gasteiger partial charge in [0.2, 0.25) is 0 Å². The molecule has 0 fully saturated rings. The van der Waals surface area contributed by atoms with Crippen molar-refractivity contribution < 1.29 is 0 Å². The minimum atomic E-state index is -1.53. The predicted octanol–water partition coefficient (Wildman–Crippen LogP) is 2.56. The van der Waals surface area contributed by atoms with E-state index in [-0.39, 0.29) is 5.04 Å². The van der Waals surface area contributed by atoms with E-state index >= 15 is 0 Å². The van der Waals surface area contributed by atoms with Crippen LogP contribution in [0.1, 0.15) is 20.8 Å². The highest BCUT2D eigenvalue weighted by Crippen LogP contribution is 2.34. The van der Waals surface area contributed by atoms with Crippen molar-refractivity contribution in [3.8, 4) is 29.4 Å². The topological polar surface area (TPSA) is 23.8 Å². The molecule has 0 saturated carbocycles. The maximum Gasteiger partial charge on any atom is 0.153 e. The Balaban J connectivity index is 4.69. The zero-order valence-electron chi connectivity index (χ0n) is 8.95. The summed E-state index contributed by atoms with van der Waals surface area (Å²) < 4.78 is 0. The van der Waals surface area contributed by atoms with Gasteiger partial charge in [-0.3, -0.25) is 0 Å². The van der Waals surface area contributed by atoms with E-state index < -0.39 is 8.07 Å². The van der Waals surface area contributed by atoms with Crippen LogP contribution in [0, 0.1) is 34.6 Å². The van der Waals surface area contributed by atoms with Crippen LogP contribution in [-0.4, -0.2) is 8.07 Å². The van der Waals surface area contributed by atoms with Gasteiger partial charge in [0.1, 0.15) is 8.07 Å². The van der Waals surface area contributed by atoms with Crippen LogP contribution >= 0.6 is 0 Å². The van der Waals surface area contributed by atoms with E-state index in [4.69, 9.17) is 5.26 Å². The minimum absolute atomic E-state index is 0.258. The first-order chi connectivity index (χ1) is 5.81. The summed E-state index contributed by atoms with van der Waals surface area (Å²) in [4.78, 5) is 0. The molecule has 0 aromatic heterocycles. The fraction of sp³-hybridized carbons (Fsp3) is 0.545. The predicted molar refractivity (Wildman–Crippen MR) is 58.4 cm³/mol. The van der Waals surface area contributed by atoms with Crippen LogP contribution in [0.15, 0.2) is 0 Å². The molecule has 0 N–H and O–H groups in total. The van der Waals surface area contributed by atoms with Crippen LogP contribution in [0.4, 0.5) is 0 Å². The van der Waals surface area contributed by atoms with Crippen molar-refractivity contribution in [2.45, 2.75) is 38.9 Å². The average molecular weight is 189 g/mol. The van der Waals surface area contributed by atoms with Crippen LogP contribution in [0.2, 0.25) is 18.1 Å². The van der Waals surface area contributed by atoms with E-state index in [0.29, 0.717) is 0 Å². The third-order valence-corrected chi connectivity index (χ3v) is 6.93. The molecule has 0 radical (unpaired) electrons. The lowest BCUT2D eigenvalue weighted by molar-refractivity contribution is 0.731. The second kappa shape index (κ2) is 4.17. The molecular formula is C11H15NSi. The van der Waals surface area contributed by atoms with Crippen LogP contribution in [-0.2, 0) is 0 Å². The molecule has 0 aliphatic heterocycles. The van der Waals surface area contributed by atoms with E-state index in [2.05, 4.69) is 57.2 Å². The third-order valence-electron chi connectivity index (χ3n) is 2.43. The maximum absolute atomic E-state index is 8.18. The van der Waals surface area contributed by atoms with Gasteiger partial charge in [-0.2, -0.15) is 5.26 Å². The quantitative estimate of drug-likeness (QED) is 0.424. The summed E-state index contributed by atoms with van der Waals surface area (Å²) in [6, 6.07) is 1.74. The SMILES string of the molecule is CC(C)(C)[Si](C)(C)C#CC#CC#N. The van der Waals surface area contributed by atoms with Crippen molar-refractivity contribution in [2.75, 3.05) is 0 Å². The molecule has 0 saturated heterocycles. The second-order valence-electron chi connectivity index (χ2n) is 4.49. The molecule has 0 bridgehead atoms. The lowest BCUT2D eigenvalue weighted by Gasteiger charge is -2.31. The van der Waals surface area contributed by atoms with Gasteiger partial charge in [-0.1, -0.05) is 33.9 Å². The molecule has 13 heavy (non-hydrogen) atoms. The van der Waals surface area contributed by atoms with E-state index in [1.165, 1.54) is 0 Å². The molecule has 0 atom stereocenters. The van der Waals surface area contributed by atoms with Gasteiger partial charge >= 0.3 is 0 Å². The first kappa shape index (κ1) is 11.8. The highest BCUT2D eigenvalue weighted by atomic mass is 28.3. The smallest absolute Gasteiger partial charge is 0.153 e. The van der Waals surface area contributed by atoms with Gasteiger partial charge in [0.05, 0.1) is 0 Å². The highest BCUT2D eigenvalue weighted by Gasteiger charge is 2.33. The summed E-state index contributed by atoms with van der Waals surface area (Å²) in [7, 11) is -1.53. The summed E-state index contributed by atoms with van der Waals surface area (Å²) in [6.45, 7) is 11.0. The Kier molecular flexibility index (Phi) is 3.80. The molecule has 0 amide bonds. The molecule has 0 heterocycles. The number of rotatable bonds is 0. The molecule has 0 rings (SSSR count). The monoisotopic (exact) mass is 189 g/mol. The molecule has 0 aromatic rings. The number of hydrogen-bond acceptors (Lipinski definition) is 1. The zero-order chi connectivity index (χ0) is 10.5. The van der Waals surface area contributed by atoms with Crippen LogP contribution in [0.5, 0.6) is 0 Å². The fourth-order valence-corrected chi connectivity index (χ4v) is 1.18. The first-order valence-corrected chi connectivity index (χ1v) is 7.22. The Morgan fingerprint density at radius 3 is 1.92 bits per heavy atom. The lowest BCUT2D eigenvalue weighted by atomic mass is 10.2. The van der Waals surface area contributed by atoms with Crippen molar-refractivity contribution in [1.29, 1.82) is 5.26 Å². The molecule has 0 aliphatic rings. The Hall–Kier alpha value is -1.17. The number of nitrogens with zero attached hydrogens (tertiary/aromatic N) is 1. The van der Waals surface area contributed by atoms with E-state index in [9.17, 15) is 0 Å². The van der Waals surface area contributed by atoms with Gasteiger partial charge in [-0.05, 0) is 11.0 Å². The van der Waals surface area contributed by atoms with E-state index in [1.807, 2.05) is 0 Å².